The van der Waals surface area contributed by atoms with Gasteiger partial charge in [-0.2, -0.15) is 13.5 Å². The zero-order valence-corrected chi connectivity index (χ0v) is 18.0. The number of nitrogens with one attached hydrogen (secondary N) is 1. The van der Waals surface area contributed by atoms with Gasteiger partial charge in [0, 0.05) is 11.9 Å². The highest BCUT2D eigenvalue weighted by atomic mass is 19.3. The van der Waals surface area contributed by atoms with Crippen LogP contribution in [0.3, 0.4) is 0 Å². The minimum absolute atomic E-state index is 0.0644. The van der Waals surface area contributed by atoms with E-state index in [9.17, 15) is 19.1 Å². The van der Waals surface area contributed by atoms with Crippen molar-refractivity contribution < 1.29 is 23.8 Å². The lowest BCUT2D eigenvalue weighted by Gasteiger charge is -2.11. The molecule has 5 rings (SSSR count). The number of halogens is 2. The van der Waals surface area contributed by atoms with Crippen molar-refractivity contribution in [2.45, 2.75) is 13.2 Å². The summed E-state index contributed by atoms with van der Waals surface area (Å²) in [6.07, 6.45) is 2.54. The van der Waals surface area contributed by atoms with E-state index in [-0.39, 0.29) is 17.8 Å². The lowest BCUT2D eigenvalue weighted by atomic mass is 10.2. The smallest absolute Gasteiger partial charge is 0.387 e. The predicted octanol–water partition coefficient (Wildman–Crippen LogP) is 3.76. The Kier molecular flexibility index (Phi) is 5.67. The van der Waals surface area contributed by atoms with Crippen molar-refractivity contribution in [2.75, 3.05) is 0 Å². The zero-order valence-electron chi connectivity index (χ0n) is 18.0. The molecule has 0 fully saturated rings. The van der Waals surface area contributed by atoms with Gasteiger partial charge in [0.1, 0.15) is 11.3 Å². The van der Waals surface area contributed by atoms with E-state index in [1.165, 1.54) is 24.5 Å². The van der Waals surface area contributed by atoms with E-state index in [0.29, 0.717) is 44.4 Å². The molecule has 0 spiro atoms. The summed E-state index contributed by atoms with van der Waals surface area (Å²) < 4.78 is 31.7. The van der Waals surface area contributed by atoms with Crippen LogP contribution in [0.25, 0.3) is 39.6 Å². The van der Waals surface area contributed by atoms with E-state index in [1.54, 1.807) is 53.1 Å². The second kappa shape index (κ2) is 8.95. The fourth-order valence-corrected chi connectivity index (χ4v) is 3.66. The molecule has 0 saturated heterocycles. The first-order valence-electron chi connectivity index (χ1n) is 10.4. The number of aliphatic hydroxyl groups is 1. The van der Waals surface area contributed by atoms with E-state index in [2.05, 4.69) is 14.7 Å². The van der Waals surface area contributed by atoms with Gasteiger partial charge in [-0.25, -0.2) is 9.97 Å². The second-order valence-corrected chi connectivity index (χ2v) is 7.51. The number of pyridine rings is 3. The molecule has 0 radical (unpaired) electrons. The SMILES string of the molecule is N=c1c(-c2nc3ccc(-c4ccc(OC(F)F)cn4)nc3n2-c2ccc(CO)cc2)cccn1O. The summed E-state index contributed by atoms with van der Waals surface area (Å²) in [5.74, 6) is 0.314. The van der Waals surface area contributed by atoms with Crippen molar-refractivity contribution in [3.8, 4) is 34.2 Å². The van der Waals surface area contributed by atoms with Gasteiger partial charge >= 0.3 is 6.61 Å². The Bertz CT molecular complexity index is 1560. The average molecular weight is 476 g/mol. The van der Waals surface area contributed by atoms with Crippen molar-refractivity contribution in [1.29, 1.82) is 5.41 Å². The number of alkyl halides is 2. The second-order valence-electron chi connectivity index (χ2n) is 7.51. The Morgan fingerprint density at radius 2 is 1.74 bits per heavy atom. The third-order valence-corrected chi connectivity index (χ3v) is 5.32. The molecule has 3 N–H and O–H groups in total. The van der Waals surface area contributed by atoms with Crippen molar-refractivity contribution >= 4 is 11.2 Å². The van der Waals surface area contributed by atoms with Crippen molar-refractivity contribution in [3.63, 3.8) is 0 Å². The Labute approximate surface area is 196 Å². The Morgan fingerprint density at radius 1 is 0.971 bits per heavy atom. The molecule has 0 saturated carbocycles. The molecule has 0 atom stereocenters. The molecule has 35 heavy (non-hydrogen) atoms. The van der Waals surface area contributed by atoms with Crippen LogP contribution in [0.1, 0.15) is 5.56 Å². The Balaban J connectivity index is 1.70. The van der Waals surface area contributed by atoms with Crippen LogP contribution in [-0.4, -0.2) is 41.2 Å². The maximum atomic E-state index is 12.5. The van der Waals surface area contributed by atoms with Gasteiger partial charge in [-0.1, -0.05) is 12.1 Å². The van der Waals surface area contributed by atoms with Gasteiger partial charge in [0.15, 0.2) is 17.0 Å². The summed E-state index contributed by atoms with van der Waals surface area (Å²) in [5.41, 5.74) is 3.49. The number of rotatable bonds is 6. The topological polar surface area (TPSA) is 122 Å². The molecular formula is C24H18F2N6O3. The number of benzene rings is 1. The maximum Gasteiger partial charge on any atom is 0.387 e. The molecule has 0 aliphatic heterocycles. The number of hydrogen-bond donors (Lipinski definition) is 3. The van der Waals surface area contributed by atoms with Crippen LogP contribution >= 0.6 is 0 Å². The highest BCUT2D eigenvalue weighted by Crippen LogP contribution is 2.28. The number of ether oxygens (including phenoxy) is 1. The maximum absolute atomic E-state index is 12.5. The van der Waals surface area contributed by atoms with Gasteiger partial charge in [-0.15, -0.1) is 0 Å². The van der Waals surface area contributed by atoms with E-state index in [1.807, 2.05) is 0 Å². The molecule has 1 aromatic carbocycles. The lowest BCUT2D eigenvalue weighted by molar-refractivity contribution is -0.0500. The van der Waals surface area contributed by atoms with E-state index in [4.69, 9.17) is 10.4 Å². The molecule has 4 heterocycles. The quantitative estimate of drug-likeness (QED) is 0.321. The van der Waals surface area contributed by atoms with E-state index < -0.39 is 6.61 Å². The fraction of sp³-hybridized carbons (Fsp3) is 0.0833. The number of hydrogen-bond acceptors (Lipinski definition) is 7. The summed E-state index contributed by atoms with van der Waals surface area (Å²) in [4.78, 5) is 13.6. The average Bonchev–Trinajstić information content (AvgIpc) is 3.24. The van der Waals surface area contributed by atoms with Crippen LogP contribution < -0.4 is 10.2 Å². The molecular weight excluding hydrogens is 458 g/mol. The first-order valence-corrected chi connectivity index (χ1v) is 10.4. The molecule has 176 valence electrons. The summed E-state index contributed by atoms with van der Waals surface area (Å²) >= 11 is 0. The van der Waals surface area contributed by atoms with Crippen LogP contribution in [0.15, 0.2) is 73.1 Å². The van der Waals surface area contributed by atoms with Gasteiger partial charge in [0.05, 0.1) is 29.8 Å². The minimum atomic E-state index is -2.94. The van der Waals surface area contributed by atoms with Gasteiger partial charge < -0.3 is 15.1 Å². The molecule has 0 unspecified atom stereocenters. The number of aliphatic hydroxyl groups excluding tert-OH is 1. The zero-order chi connectivity index (χ0) is 24.5. The predicted molar refractivity (Wildman–Crippen MR) is 121 cm³/mol. The standard InChI is InChI=1S/C24H18F2N6O3/c25-24(26)35-16-7-8-18(28-12-16)19-9-10-20-23(29-19)32(15-5-3-14(13-33)4-6-15)22(30-20)17-2-1-11-31(34)21(17)27/h1-12,24,27,33-34H,13H2. The third kappa shape index (κ3) is 4.20. The number of fused-ring (bicyclic) bond motifs is 1. The lowest BCUT2D eigenvalue weighted by Crippen LogP contribution is -2.20. The van der Waals surface area contributed by atoms with Gasteiger partial charge in [0.2, 0.25) is 0 Å². The normalized spacial score (nSPS) is 11.3. The number of nitrogens with zero attached hydrogens (tertiary/aromatic N) is 5. The molecule has 0 amide bonds. The summed E-state index contributed by atoms with van der Waals surface area (Å²) in [7, 11) is 0. The van der Waals surface area contributed by atoms with Crippen LogP contribution in [0, 0.1) is 5.41 Å². The van der Waals surface area contributed by atoms with Gasteiger partial charge in [-0.3, -0.25) is 15.0 Å². The first kappa shape index (κ1) is 22.2. The number of imidazole rings is 1. The third-order valence-electron chi connectivity index (χ3n) is 5.32. The van der Waals surface area contributed by atoms with Crippen LogP contribution in [0.5, 0.6) is 5.75 Å². The van der Waals surface area contributed by atoms with Crippen molar-refractivity contribution in [1.82, 2.24) is 24.2 Å². The van der Waals surface area contributed by atoms with Crippen molar-refractivity contribution in [2.24, 2.45) is 0 Å². The molecule has 4 aromatic heterocycles. The monoisotopic (exact) mass is 476 g/mol. The Morgan fingerprint density at radius 3 is 2.43 bits per heavy atom. The number of aromatic nitrogens is 5. The Hall–Kier alpha value is -4.64. The molecule has 0 aliphatic rings. The molecule has 9 nitrogen and oxygen atoms in total. The van der Waals surface area contributed by atoms with Crippen LogP contribution in [-0.2, 0) is 6.61 Å². The van der Waals surface area contributed by atoms with Crippen molar-refractivity contribution in [3.05, 3.63) is 84.1 Å². The molecule has 0 bridgehead atoms. The largest absolute Gasteiger partial charge is 0.433 e. The van der Waals surface area contributed by atoms with Gasteiger partial charge in [-0.05, 0) is 54.1 Å². The van der Waals surface area contributed by atoms with Crippen LogP contribution in [0.4, 0.5) is 8.78 Å². The summed E-state index contributed by atoms with van der Waals surface area (Å²) in [5, 5.41) is 27.7. The molecule has 11 heteroatoms. The minimum Gasteiger partial charge on any atom is -0.433 e. The van der Waals surface area contributed by atoms with E-state index >= 15 is 0 Å². The highest BCUT2D eigenvalue weighted by Gasteiger charge is 2.19. The summed E-state index contributed by atoms with van der Waals surface area (Å²) in [6.45, 7) is -3.06. The van der Waals surface area contributed by atoms with Gasteiger partial charge in [0.25, 0.3) is 0 Å². The fourth-order valence-electron chi connectivity index (χ4n) is 3.66. The molecule has 0 aliphatic carbocycles. The highest BCUT2D eigenvalue weighted by molar-refractivity contribution is 5.82. The summed E-state index contributed by atoms with van der Waals surface area (Å²) in [6, 6.07) is 16.7. The molecule has 5 aromatic rings. The van der Waals surface area contributed by atoms with Crippen LogP contribution in [0.2, 0.25) is 0 Å². The van der Waals surface area contributed by atoms with E-state index in [0.717, 1.165) is 5.56 Å². The first-order chi connectivity index (χ1) is 16.9.